The third-order valence-electron chi connectivity index (χ3n) is 8.23. The van der Waals surface area contributed by atoms with Crippen LogP contribution < -0.4 is 4.74 Å². The standard InChI is InChI=1S/C38H22O2/c1-2-10-24-22-36-32(20-23(24)9-1)38-30(15-8-18-35(38)40-36)28-13-4-3-12-27(28)26-19-25-11-7-17-34-37(25)31(21-26)29-14-5-6-16-33(29)39-34/h1-22H. The van der Waals surface area contributed by atoms with Gasteiger partial charge < -0.3 is 9.15 Å². The van der Waals surface area contributed by atoms with Crippen LogP contribution in [0.15, 0.2) is 138 Å². The molecule has 0 spiro atoms. The minimum atomic E-state index is 0.898. The van der Waals surface area contributed by atoms with Crippen LogP contribution in [0.3, 0.4) is 0 Å². The Morgan fingerprint density at radius 3 is 1.95 bits per heavy atom. The van der Waals surface area contributed by atoms with Gasteiger partial charge in [-0.05, 0) is 86.4 Å². The predicted octanol–water partition coefficient (Wildman–Crippen LogP) is 11.0. The van der Waals surface area contributed by atoms with Gasteiger partial charge in [0.1, 0.15) is 22.7 Å². The molecule has 1 aliphatic heterocycles. The summed E-state index contributed by atoms with van der Waals surface area (Å²) in [5.41, 5.74) is 8.89. The lowest BCUT2D eigenvalue weighted by atomic mass is 9.87. The first-order valence-electron chi connectivity index (χ1n) is 13.6. The monoisotopic (exact) mass is 510 g/mol. The van der Waals surface area contributed by atoms with Crippen LogP contribution in [0.25, 0.3) is 76.9 Å². The van der Waals surface area contributed by atoms with Crippen molar-refractivity contribution in [2.24, 2.45) is 0 Å². The second kappa shape index (κ2) is 8.08. The normalized spacial score (nSPS) is 12.2. The van der Waals surface area contributed by atoms with Gasteiger partial charge in [-0.3, -0.25) is 0 Å². The fourth-order valence-corrected chi connectivity index (χ4v) is 6.45. The molecule has 0 saturated heterocycles. The molecule has 0 atom stereocenters. The number of ether oxygens (including phenoxy) is 1. The Hall–Kier alpha value is -5.34. The minimum Gasteiger partial charge on any atom is -0.456 e. The van der Waals surface area contributed by atoms with E-state index >= 15 is 0 Å². The quantitative estimate of drug-likeness (QED) is 0.231. The van der Waals surface area contributed by atoms with Crippen molar-refractivity contribution in [3.05, 3.63) is 133 Å². The lowest BCUT2D eigenvalue weighted by Crippen LogP contribution is -1.97. The summed E-state index contributed by atoms with van der Waals surface area (Å²) in [4.78, 5) is 0. The molecule has 0 N–H and O–H groups in total. The Morgan fingerprint density at radius 1 is 0.375 bits per heavy atom. The number of para-hydroxylation sites is 1. The molecular weight excluding hydrogens is 488 g/mol. The summed E-state index contributed by atoms with van der Waals surface area (Å²) in [5.74, 6) is 1.81. The average molecular weight is 511 g/mol. The van der Waals surface area contributed by atoms with Crippen LogP contribution >= 0.6 is 0 Å². The maximum Gasteiger partial charge on any atom is 0.136 e. The lowest BCUT2D eigenvalue weighted by molar-refractivity contribution is 0.487. The molecular formula is C38H22O2. The molecule has 0 bridgehead atoms. The fourth-order valence-electron chi connectivity index (χ4n) is 6.45. The maximum atomic E-state index is 6.41. The third-order valence-corrected chi connectivity index (χ3v) is 8.23. The van der Waals surface area contributed by atoms with Gasteiger partial charge in [0.25, 0.3) is 0 Å². The van der Waals surface area contributed by atoms with E-state index in [9.17, 15) is 0 Å². The van der Waals surface area contributed by atoms with Gasteiger partial charge in [-0.25, -0.2) is 0 Å². The van der Waals surface area contributed by atoms with E-state index in [2.05, 4.69) is 121 Å². The summed E-state index contributed by atoms with van der Waals surface area (Å²) in [6, 6.07) is 47.2. The molecule has 2 heterocycles. The molecule has 0 amide bonds. The number of fused-ring (bicyclic) bond motifs is 6. The van der Waals surface area contributed by atoms with Gasteiger partial charge in [-0.15, -0.1) is 0 Å². The van der Waals surface area contributed by atoms with Crippen LogP contribution in [0.2, 0.25) is 0 Å². The van der Waals surface area contributed by atoms with Gasteiger partial charge in [-0.1, -0.05) is 91.0 Å². The molecule has 9 rings (SSSR count). The highest BCUT2D eigenvalue weighted by Crippen LogP contribution is 2.49. The van der Waals surface area contributed by atoms with Crippen molar-refractivity contribution in [3.8, 4) is 44.9 Å². The van der Waals surface area contributed by atoms with Crippen molar-refractivity contribution >= 4 is 43.5 Å². The average Bonchev–Trinajstić information content (AvgIpc) is 3.37. The summed E-state index contributed by atoms with van der Waals surface area (Å²) in [6.45, 7) is 0. The molecule has 2 heteroatoms. The molecule has 1 aliphatic rings. The molecule has 2 nitrogen and oxygen atoms in total. The number of hydrogen-bond acceptors (Lipinski definition) is 2. The van der Waals surface area contributed by atoms with Crippen LogP contribution in [0.1, 0.15) is 0 Å². The van der Waals surface area contributed by atoms with E-state index in [-0.39, 0.29) is 0 Å². The Bertz CT molecular complexity index is 2300. The van der Waals surface area contributed by atoms with E-state index in [0.717, 1.165) is 44.4 Å². The zero-order valence-electron chi connectivity index (χ0n) is 21.5. The van der Waals surface area contributed by atoms with Crippen LogP contribution in [-0.2, 0) is 0 Å². The van der Waals surface area contributed by atoms with Gasteiger partial charge in [0.15, 0.2) is 0 Å². The van der Waals surface area contributed by atoms with Gasteiger partial charge in [0, 0.05) is 21.7 Å². The maximum absolute atomic E-state index is 6.41. The second-order valence-electron chi connectivity index (χ2n) is 10.5. The summed E-state index contributed by atoms with van der Waals surface area (Å²) in [6.07, 6.45) is 0. The van der Waals surface area contributed by atoms with Gasteiger partial charge in [0.2, 0.25) is 0 Å². The molecule has 0 fully saturated rings. The molecule has 0 saturated carbocycles. The van der Waals surface area contributed by atoms with Crippen LogP contribution in [-0.4, -0.2) is 0 Å². The number of benzene rings is 7. The summed E-state index contributed by atoms with van der Waals surface area (Å²) < 4.78 is 12.7. The van der Waals surface area contributed by atoms with Gasteiger partial charge >= 0.3 is 0 Å². The first kappa shape index (κ1) is 21.6. The van der Waals surface area contributed by atoms with Crippen molar-refractivity contribution in [1.82, 2.24) is 0 Å². The predicted molar refractivity (Wildman–Crippen MR) is 165 cm³/mol. The highest BCUT2D eigenvalue weighted by Gasteiger charge is 2.22. The fraction of sp³-hybridized carbons (Fsp3) is 0. The van der Waals surface area contributed by atoms with Gasteiger partial charge in [0.05, 0.1) is 0 Å². The highest BCUT2D eigenvalue weighted by atomic mass is 16.5. The second-order valence-corrected chi connectivity index (χ2v) is 10.5. The van der Waals surface area contributed by atoms with Crippen molar-refractivity contribution in [1.29, 1.82) is 0 Å². The van der Waals surface area contributed by atoms with Gasteiger partial charge in [-0.2, -0.15) is 0 Å². The minimum absolute atomic E-state index is 0.898. The molecule has 8 aromatic rings. The van der Waals surface area contributed by atoms with Crippen LogP contribution in [0.4, 0.5) is 0 Å². The van der Waals surface area contributed by atoms with E-state index < -0.39 is 0 Å². The third kappa shape index (κ3) is 3.05. The highest BCUT2D eigenvalue weighted by molar-refractivity contribution is 6.17. The van der Waals surface area contributed by atoms with Crippen LogP contribution in [0.5, 0.6) is 11.5 Å². The zero-order valence-corrected chi connectivity index (χ0v) is 21.5. The molecule has 0 unspecified atom stereocenters. The summed E-state index contributed by atoms with van der Waals surface area (Å²) in [7, 11) is 0. The van der Waals surface area contributed by atoms with Crippen molar-refractivity contribution < 1.29 is 9.15 Å². The summed E-state index contributed by atoms with van der Waals surface area (Å²) in [5, 5.41) is 7.03. The SMILES string of the molecule is c1ccc2c(c1)Oc1cccc3cc(-c4ccccc4-c4cccc5oc6cc7ccccc7cc6c45)cc-2c13. The number of hydrogen-bond donors (Lipinski definition) is 0. The van der Waals surface area contributed by atoms with E-state index in [0.29, 0.717) is 0 Å². The van der Waals surface area contributed by atoms with Crippen molar-refractivity contribution in [3.63, 3.8) is 0 Å². The molecule has 7 aromatic carbocycles. The lowest BCUT2D eigenvalue weighted by Gasteiger charge is -2.22. The smallest absolute Gasteiger partial charge is 0.136 e. The molecule has 186 valence electrons. The zero-order chi connectivity index (χ0) is 26.2. The Labute approximate surface area is 230 Å². The number of furan rings is 1. The number of rotatable bonds is 2. The Balaban J connectivity index is 1.33. The van der Waals surface area contributed by atoms with E-state index in [1.807, 2.05) is 12.1 Å². The Morgan fingerprint density at radius 2 is 1.05 bits per heavy atom. The van der Waals surface area contributed by atoms with Crippen molar-refractivity contribution in [2.45, 2.75) is 0 Å². The summed E-state index contributed by atoms with van der Waals surface area (Å²) >= 11 is 0. The first-order valence-corrected chi connectivity index (χ1v) is 13.6. The van der Waals surface area contributed by atoms with Crippen molar-refractivity contribution in [2.75, 3.05) is 0 Å². The molecule has 40 heavy (non-hydrogen) atoms. The topological polar surface area (TPSA) is 22.4 Å². The van der Waals surface area contributed by atoms with E-state index in [1.54, 1.807) is 0 Å². The molecule has 0 radical (unpaired) electrons. The molecule has 0 aliphatic carbocycles. The van der Waals surface area contributed by atoms with E-state index in [1.165, 1.54) is 44.0 Å². The van der Waals surface area contributed by atoms with Crippen LogP contribution in [0, 0.1) is 0 Å². The Kier molecular flexibility index (Phi) is 4.36. The largest absolute Gasteiger partial charge is 0.456 e. The van der Waals surface area contributed by atoms with E-state index in [4.69, 9.17) is 9.15 Å². The first-order chi connectivity index (χ1) is 19.8. The molecule has 1 aromatic heterocycles.